The second-order valence-electron chi connectivity index (χ2n) is 7.20. The van der Waals surface area contributed by atoms with Crippen LogP contribution in [0.2, 0.25) is 5.02 Å². The molecule has 150 valence electrons. The Morgan fingerprint density at radius 2 is 1.93 bits per heavy atom. The van der Waals surface area contributed by atoms with Gasteiger partial charge in [0.25, 0.3) is 0 Å². The number of halogens is 1. The van der Waals surface area contributed by atoms with Crippen LogP contribution in [-0.2, 0) is 4.79 Å². The average molecular weight is 419 g/mol. The number of hydrogen-bond acceptors (Lipinski definition) is 5. The maximum atomic E-state index is 11.9. The largest absolute Gasteiger partial charge is 0.352 e. The van der Waals surface area contributed by atoms with E-state index in [0.29, 0.717) is 31.2 Å². The summed E-state index contributed by atoms with van der Waals surface area (Å²) in [6.45, 7) is 6.21. The third-order valence-corrected chi connectivity index (χ3v) is 5.86. The molecular weight excluding hydrogens is 400 g/mol. The van der Waals surface area contributed by atoms with Crippen molar-refractivity contribution < 1.29 is 4.79 Å². The third-order valence-electron chi connectivity index (χ3n) is 5.54. The molecule has 1 aliphatic heterocycles. The van der Waals surface area contributed by atoms with E-state index in [1.807, 2.05) is 30.3 Å². The number of nitrogens with one attached hydrogen (secondary N) is 1. The first-order valence-electron chi connectivity index (χ1n) is 9.68. The molecule has 1 N–H and O–H groups in total. The molecule has 0 bridgehead atoms. The smallest absolute Gasteiger partial charge is 0.246 e. The molecule has 5 rings (SSSR count). The molecular formula is C22H19ClN6O. The molecule has 1 amide bonds. The van der Waals surface area contributed by atoms with Crippen LogP contribution in [0.15, 0.2) is 55.5 Å². The summed E-state index contributed by atoms with van der Waals surface area (Å²) in [5.41, 5.74) is 3.69. The highest BCUT2D eigenvalue weighted by molar-refractivity contribution is 6.34. The Bertz CT molecular complexity index is 1280. The lowest BCUT2D eigenvalue weighted by atomic mass is 10.0. The normalized spacial score (nSPS) is 14.4. The van der Waals surface area contributed by atoms with Crippen LogP contribution < -0.4 is 4.90 Å². The van der Waals surface area contributed by atoms with Gasteiger partial charge >= 0.3 is 0 Å². The van der Waals surface area contributed by atoms with Gasteiger partial charge in [-0.05, 0) is 29.8 Å². The summed E-state index contributed by atoms with van der Waals surface area (Å²) >= 11 is 6.73. The molecule has 8 heteroatoms. The molecule has 0 saturated carbocycles. The van der Waals surface area contributed by atoms with Crippen LogP contribution >= 0.6 is 11.6 Å². The molecule has 0 aliphatic carbocycles. The Morgan fingerprint density at radius 1 is 1.10 bits per heavy atom. The van der Waals surface area contributed by atoms with E-state index in [1.165, 1.54) is 6.08 Å². The first-order valence-corrected chi connectivity index (χ1v) is 10.1. The molecule has 30 heavy (non-hydrogen) atoms. The average Bonchev–Trinajstić information content (AvgIpc) is 3.27. The van der Waals surface area contributed by atoms with E-state index in [-0.39, 0.29) is 5.91 Å². The number of piperazine rings is 1. The van der Waals surface area contributed by atoms with Crippen LogP contribution in [0.1, 0.15) is 0 Å². The van der Waals surface area contributed by atoms with E-state index in [2.05, 4.69) is 31.6 Å². The molecule has 0 spiro atoms. The third kappa shape index (κ3) is 3.07. The van der Waals surface area contributed by atoms with E-state index >= 15 is 0 Å². The number of nitrogens with zero attached hydrogens (tertiary/aromatic N) is 5. The van der Waals surface area contributed by atoms with Crippen molar-refractivity contribution in [3.8, 4) is 11.1 Å². The van der Waals surface area contributed by atoms with Crippen molar-refractivity contribution in [2.45, 2.75) is 0 Å². The Hall–Kier alpha value is -3.45. The van der Waals surface area contributed by atoms with Crippen LogP contribution in [0.4, 0.5) is 5.82 Å². The lowest BCUT2D eigenvalue weighted by molar-refractivity contribution is -0.126. The zero-order valence-corrected chi connectivity index (χ0v) is 16.9. The van der Waals surface area contributed by atoms with Crippen LogP contribution in [0, 0.1) is 0 Å². The molecule has 0 radical (unpaired) electrons. The molecule has 1 fully saturated rings. The standard InChI is InChI=1S/C22H19ClN6O/c1-2-21(30)28-6-8-29(9-7-28)22-16-10-18(23)15(11-20(16)24-13-25-22)14-4-3-5-19-17(14)12-26-27-19/h2-5,10-13H,1,6-9H2,(H,26,27). The van der Waals surface area contributed by atoms with Gasteiger partial charge < -0.3 is 9.80 Å². The monoisotopic (exact) mass is 418 g/mol. The van der Waals surface area contributed by atoms with Crippen molar-refractivity contribution in [1.29, 1.82) is 0 Å². The first kappa shape index (κ1) is 18.6. The van der Waals surface area contributed by atoms with Gasteiger partial charge in [-0.25, -0.2) is 9.97 Å². The maximum absolute atomic E-state index is 11.9. The molecule has 2 aromatic heterocycles. The number of hydrogen-bond donors (Lipinski definition) is 1. The SMILES string of the molecule is C=CC(=O)N1CCN(c2ncnc3cc(-c4cccc5[nH]ncc45)c(Cl)cc23)CC1. The van der Waals surface area contributed by atoms with Gasteiger partial charge in [0, 0.05) is 47.5 Å². The van der Waals surface area contributed by atoms with Crippen molar-refractivity contribution in [2.24, 2.45) is 0 Å². The second-order valence-corrected chi connectivity index (χ2v) is 7.61. The minimum atomic E-state index is -0.0386. The van der Waals surface area contributed by atoms with E-state index < -0.39 is 0 Å². The maximum Gasteiger partial charge on any atom is 0.246 e. The van der Waals surface area contributed by atoms with Crippen molar-refractivity contribution in [3.63, 3.8) is 0 Å². The van der Waals surface area contributed by atoms with Crippen LogP contribution in [-0.4, -0.2) is 57.2 Å². The first-order chi connectivity index (χ1) is 14.7. The fourth-order valence-electron chi connectivity index (χ4n) is 3.99. The van der Waals surface area contributed by atoms with Crippen LogP contribution in [0.25, 0.3) is 32.9 Å². The Labute approximate surface area is 178 Å². The Morgan fingerprint density at radius 3 is 2.73 bits per heavy atom. The summed E-state index contributed by atoms with van der Waals surface area (Å²) < 4.78 is 0. The zero-order valence-electron chi connectivity index (χ0n) is 16.2. The summed E-state index contributed by atoms with van der Waals surface area (Å²) in [6, 6.07) is 9.93. The fourth-order valence-corrected chi connectivity index (χ4v) is 4.26. The number of carbonyl (C=O) groups excluding carboxylic acids is 1. The van der Waals surface area contributed by atoms with E-state index in [4.69, 9.17) is 11.6 Å². The predicted molar refractivity (Wildman–Crippen MR) is 119 cm³/mol. The molecule has 0 atom stereocenters. The highest BCUT2D eigenvalue weighted by atomic mass is 35.5. The number of benzene rings is 2. The minimum absolute atomic E-state index is 0.0386. The molecule has 1 saturated heterocycles. The molecule has 2 aromatic carbocycles. The van der Waals surface area contributed by atoms with Gasteiger partial charge in [0.1, 0.15) is 12.1 Å². The Kier molecular flexibility index (Phi) is 4.59. The highest BCUT2D eigenvalue weighted by Crippen LogP contribution is 2.37. The summed E-state index contributed by atoms with van der Waals surface area (Å²) in [4.78, 5) is 24.8. The van der Waals surface area contributed by atoms with Gasteiger partial charge in [0.2, 0.25) is 5.91 Å². The molecule has 7 nitrogen and oxygen atoms in total. The fraction of sp³-hybridized carbons (Fsp3) is 0.182. The zero-order chi connectivity index (χ0) is 20.7. The Balaban J connectivity index is 1.54. The van der Waals surface area contributed by atoms with Crippen LogP contribution in [0.3, 0.4) is 0 Å². The van der Waals surface area contributed by atoms with Gasteiger partial charge in [-0.2, -0.15) is 5.10 Å². The van der Waals surface area contributed by atoms with Crippen molar-refractivity contribution in [1.82, 2.24) is 25.1 Å². The topological polar surface area (TPSA) is 78.0 Å². The highest BCUT2D eigenvalue weighted by Gasteiger charge is 2.22. The molecule has 1 aliphatic rings. The summed E-state index contributed by atoms with van der Waals surface area (Å²) in [6.07, 6.45) is 4.74. The number of carbonyl (C=O) groups is 1. The molecule has 0 unspecified atom stereocenters. The number of anilines is 1. The van der Waals surface area contributed by atoms with Gasteiger partial charge in [-0.3, -0.25) is 9.89 Å². The summed E-state index contributed by atoms with van der Waals surface area (Å²) in [7, 11) is 0. The van der Waals surface area contributed by atoms with E-state index in [1.54, 1.807) is 17.4 Å². The lowest BCUT2D eigenvalue weighted by Crippen LogP contribution is -2.48. The molecule has 4 aromatic rings. The van der Waals surface area contributed by atoms with Gasteiger partial charge in [0.05, 0.1) is 17.2 Å². The van der Waals surface area contributed by atoms with E-state index in [0.717, 1.165) is 38.8 Å². The number of amides is 1. The number of fused-ring (bicyclic) bond motifs is 2. The predicted octanol–water partition coefficient (Wildman–Crippen LogP) is 3.66. The van der Waals surface area contributed by atoms with E-state index in [9.17, 15) is 4.79 Å². The molecule has 3 heterocycles. The number of H-pyrrole nitrogens is 1. The second kappa shape index (κ2) is 7.42. The van der Waals surface area contributed by atoms with Gasteiger partial charge in [0.15, 0.2) is 0 Å². The van der Waals surface area contributed by atoms with Crippen LogP contribution in [0.5, 0.6) is 0 Å². The lowest BCUT2D eigenvalue weighted by Gasteiger charge is -2.35. The number of aromatic amines is 1. The number of aromatic nitrogens is 4. The minimum Gasteiger partial charge on any atom is -0.352 e. The van der Waals surface area contributed by atoms with Crippen molar-refractivity contribution >= 4 is 45.1 Å². The van der Waals surface area contributed by atoms with Gasteiger partial charge in [-0.1, -0.05) is 30.3 Å². The van der Waals surface area contributed by atoms with Gasteiger partial charge in [-0.15, -0.1) is 0 Å². The summed E-state index contributed by atoms with van der Waals surface area (Å²) in [5.74, 6) is 0.795. The quantitative estimate of drug-likeness (QED) is 0.514. The summed E-state index contributed by atoms with van der Waals surface area (Å²) in [5, 5.41) is 9.68. The van der Waals surface area contributed by atoms with Crippen molar-refractivity contribution in [2.75, 3.05) is 31.1 Å². The number of rotatable bonds is 3. The van der Waals surface area contributed by atoms with Crippen molar-refractivity contribution in [3.05, 3.63) is 60.5 Å².